The molecule has 0 saturated carbocycles. The van der Waals surface area contributed by atoms with Crippen LogP contribution in [-0.2, 0) is 4.79 Å². The molecule has 24 heavy (non-hydrogen) atoms. The number of hydrogen-bond donors (Lipinski definition) is 1. The number of aromatic nitrogens is 4. The summed E-state index contributed by atoms with van der Waals surface area (Å²) in [5, 5.41) is 11.3. The van der Waals surface area contributed by atoms with Crippen molar-refractivity contribution in [2.75, 3.05) is 11.1 Å². The number of thioether (sulfide) groups is 1. The second kappa shape index (κ2) is 7.61. The van der Waals surface area contributed by atoms with Crippen LogP contribution in [0.4, 0.5) is 5.82 Å². The fourth-order valence-corrected chi connectivity index (χ4v) is 2.67. The highest BCUT2D eigenvalue weighted by Gasteiger charge is 2.12. The summed E-state index contributed by atoms with van der Waals surface area (Å²) >= 11 is 12.8. The Bertz CT molecular complexity index is 859. The van der Waals surface area contributed by atoms with Gasteiger partial charge in [-0.25, -0.2) is 4.98 Å². The highest BCUT2D eigenvalue weighted by atomic mass is 35.5. The standard InChI is InChI=1S/C14H9Cl2N5O2S/c15-9-5-10(16)12(18-6-9)19-11(22)7-24-14-21-20-13(23-14)8-1-3-17-4-2-8/h1-6H,7H2,(H,18,19,22). The number of anilines is 1. The summed E-state index contributed by atoms with van der Waals surface area (Å²) in [4.78, 5) is 19.8. The lowest BCUT2D eigenvalue weighted by Gasteiger charge is -2.05. The molecular weight excluding hydrogens is 373 g/mol. The molecule has 3 heterocycles. The lowest BCUT2D eigenvalue weighted by molar-refractivity contribution is -0.113. The molecule has 3 aromatic heterocycles. The lowest BCUT2D eigenvalue weighted by Crippen LogP contribution is -2.15. The van der Waals surface area contributed by atoms with Crippen molar-refractivity contribution in [1.29, 1.82) is 0 Å². The Morgan fingerprint density at radius 1 is 1.25 bits per heavy atom. The lowest BCUT2D eigenvalue weighted by atomic mass is 10.3. The molecule has 0 saturated heterocycles. The average Bonchev–Trinajstić information content (AvgIpc) is 3.05. The van der Waals surface area contributed by atoms with Crippen LogP contribution < -0.4 is 5.32 Å². The van der Waals surface area contributed by atoms with E-state index in [1.165, 1.54) is 12.3 Å². The third-order valence-corrected chi connectivity index (χ3v) is 4.04. The van der Waals surface area contributed by atoms with Crippen LogP contribution in [0.5, 0.6) is 0 Å². The van der Waals surface area contributed by atoms with Crippen molar-refractivity contribution in [1.82, 2.24) is 20.2 Å². The van der Waals surface area contributed by atoms with Crippen molar-refractivity contribution in [2.24, 2.45) is 0 Å². The first-order valence-electron chi connectivity index (χ1n) is 6.59. The van der Waals surface area contributed by atoms with E-state index >= 15 is 0 Å². The normalized spacial score (nSPS) is 10.6. The van der Waals surface area contributed by atoms with Gasteiger partial charge >= 0.3 is 0 Å². The van der Waals surface area contributed by atoms with Crippen molar-refractivity contribution in [2.45, 2.75) is 5.22 Å². The van der Waals surface area contributed by atoms with Gasteiger partial charge in [0.1, 0.15) is 0 Å². The summed E-state index contributed by atoms with van der Waals surface area (Å²) < 4.78 is 5.48. The van der Waals surface area contributed by atoms with Crippen molar-refractivity contribution in [3.63, 3.8) is 0 Å². The molecule has 7 nitrogen and oxygen atoms in total. The molecule has 0 bridgehead atoms. The molecule has 122 valence electrons. The molecule has 3 aromatic rings. The first kappa shape index (κ1) is 16.7. The number of pyridine rings is 2. The Kier molecular flexibility index (Phi) is 5.29. The molecule has 0 aliphatic heterocycles. The van der Waals surface area contributed by atoms with Gasteiger partial charge in [-0.1, -0.05) is 35.0 Å². The minimum absolute atomic E-state index is 0.0681. The summed E-state index contributed by atoms with van der Waals surface area (Å²) in [6, 6.07) is 5.00. The number of amides is 1. The van der Waals surface area contributed by atoms with E-state index in [0.29, 0.717) is 10.9 Å². The van der Waals surface area contributed by atoms with Gasteiger partial charge in [0.05, 0.1) is 15.8 Å². The number of rotatable bonds is 5. The second-order valence-electron chi connectivity index (χ2n) is 4.43. The highest BCUT2D eigenvalue weighted by Crippen LogP contribution is 2.24. The first-order chi connectivity index (χ1) is 11.6. The molecule has 0 aromatic carbocycles. The van der Waals surface area contributed by atoms with Crippen LogP contribution in [0.15, 0.2) is 46.4 Å². The number of carbonyl (C=O) groups excluding carboxylic acids is 1. The Morgan fingerprint density at radius 2 is 2.04 bits per heavy atom. The van der Waals surface area contributed by atoms with E-state index in [1.807, 2.05) is 0 Å². The molecule has 0 aliphatic carbocycles. The number of nitrogens with one attached hydrogen (secondary N) is 1. The number of carbonyl (C=O) groups is 1. The maximum Gasteiger partial charge on any atom is 0.277 e. The molecule has 0 radical (unpaired) electrons. The van der Waals surface area contributed by atoms with Crippen molar-refractivity contribution < 1.29 is 9.21 Å². The zero-order valence-electron chi connectivity index (χ0n) is 11.9. The first-order valence-corrected chi connectivity index (χ1v) is 8.33. The van der Waals surface area contributed by atoms with Gasteiger partial charge in [0.15, 0.2) is 5.82 Å². The molecule has 10 heteroatoms. The predicted molar refractivity (Wildman–Crippen MR) is 91.1 cm³/mol. The summed E-state index contributed by atoms with van der Waals surface area (Å²) in [6.45, 7) is 0. The maximum absolute atomic E-state index is 11.9. The smallest absolute Gasteiger partial charge is 0.277 e. The monoisotopic (exact) mass is 381 g/mol. The molecule has 0 atom stereocenters. The quantitative estimate of drug-likeness (QED) is 0.675. The van der Waals surface area contributed by atoms with Crippen LogP contribution in [0.1, 0.15) is 0 Å². The third-order valence-electron chi connectivity index (χ3n) is 2.73. The summed E-state index contributed by atoms with van der Waals surface area (Å²) in [5.74, 6) is 0.372. The molecular formula is C14H9Cl2N5O2S. The maximum atomic E-state index is 11.9. The van der Waals surface area contributed by atoms with Gasteiger partial charge in [0.2, 0.25) is 11.8 Å². The zero-order chi connectivity index (χ0) is 16.9. The Hall–Kier alpha value is -2.16. The van der Waals surface area contributed by atoms with Gasteiger partial charge in [0, 0.05) is 24.2 Å². The van der Waals surface area contributed by atoms with E-state index in [1.54, 1.807) is 24.5 Å². The zero-order valence-corrected chi connectivity index (χ0v) is 14.3. The van der Waals surface area contributed by atoms with E-state index in [-0.39, 0.29) is 27.7 Å². The minimum atomic E-state index is -0.305. The SMILES string of the molecule is O=C(CSc1nnc(-c2ccncc2)o1)Nc1ncc(Cl)cc1Cl. The van der Waals surface area contributed by atoms with E-state index in [9.17, 15) is 4.79 Å². The summed E-state index contributed by atoms with van der Waals surface area (Å²) in [6.07, 6.45) is 4.65. The van der Waals surface area contributed by atoms with E-state index in [2.05, 4.69) is 25.5 Å². The summed E-state index contributed by atoms with van der Waals surface area (Å²) in [5.41, 5.74) is 0.756. The Morgan fingerprint density at radius 3 is 2.79 bits per heavy atom. The molecule has 3 rings (SSSR count). The molecule has 0 unspecified atom stereocenters. The van der Waals surface area contributed by atoms with Crippen LogP contribution >= 0.6 is 35.0 Å². The Labute approximate surface area is 150 Å². The number of nitrogens with zero attached hydrogens (tertiary/aromatic N) is 4. The fraction of sp³-hybridized carbons (Fsp3) is 0.0714. The van der Waals surface area contributed by atoms with Gasteiger partial charge in [-0.2, -0.15) is 0 Å². The predicted octanol–water partition coefficient (Wildman–Crippen LogP) is 3.56. The van der Waals surface area contributed by atoms with Gasteiger partial charge in [-0.05, 0) is 18.2 Å². The van der Waals surface area contributed by atoms with E-state index in [4.69, 9.17) is 27.6 Å². The molecule has 1 N–H and O–H groups in total. The minimum Gasteiger partial charge on any atom is -0.411 e. The van der Waals surface area contributed by atoms with Crippen LogP contribution in [0.25, 0.3) is 11.5 Å². The van der Waals surface area contributed by atoms with E-state index < -0.39 is 0 Å². The third kappa shape index (κ3) is 4.22. The largest absolute Gasteiger partial charge is 0.411 e. The molecule has 0 spiro atoms. The topological polar surface area (TPSA) is 93.8 Å². The second-order valence-corrected chi connectivity index (χ2v) is 6.20. The van der Waals surface area contributed by atoms with Gasteiger partial charge < -0.3 is 9.73 Å². The number of hydrogen-bond acceptors (Lipinski definition) is 7. The molecule has 1 amide bonds. The Balaban J connectivity index is 1.58. The highest BCUT2D eigenvalue weighted by molar-refractivity contribution is 7.99. The van der Waals surface area contributed by atoms with Crippen LogP contribution in [0, 0.1) is 0 Å². The van der Waals surface area contributed by atoms with Crippen molar-refractivity contribution >= 4 is 46.7 Å². The fourth-order valence-electron chi connectivity index (χ4n) is 1.68. The van der Waals surface area contributed by atoms with Crippen molar-refractivity contribution in [3.8, 4) is 11.5 Å². The van der Waals surface area contributed by atoms with Crippen molar-refractivity contribution in [3.05, 3.63) is 46.8 Å². The van der Waals surface area contributed by atoms with Crippen LogP contribution in [0.3, 0.4) is 0 Å². The molecule has 0 aliphatic rings. The number of halogens is 2. The van der Waals surface area contributed by atoms with Crippen LogP contribution in [-0.4, -0.2) is 31.8 Å². The van der Waals surface area contributed by atoms with Gasteiger partial charge in [-0.15, -0.1) is 10.2 Å². The average molecular weight is 382 g/mol. The van der Waals surface area contributed by atoms with Crippen LogP contribution in [0.2, 0.25) is 10.0 Å². The molecule has 0 fully saturated rings. The van der Waals surface area contributed by atoms with Gasteiger partial charge in [-0.3, -0.25) is 9.78 Å². The summed E-state index contributed by atoms with van der Waals surface area (Å²) in [7, 11) is 0. The van der Waals surface area contributed by atoms with Gasteiger partial charge in [0.25, 0.3) is 5.22 Å². The van der Waals surface area contributed by atoms with E-state index in [0.717, 1.165) is 17.3 Å².